The molecular formula is C8H15N3O. The first-order chi connectivity index (χ1) is 5.77. The molecular weight excluding hydrogens is 154 g/mol. The SMILES string of the molecule is NC(CN1CCNC1=O)C1CC1. The normalized spacial score (nSPS) is 25.8. The summed E-state index contributed by atoms with van der Waals surface area (Å²) in [5, 5.41) is 2.77. The third kappa shape index (κ3) is 1.53. The molecule has 68 valence electrons. The van der Waals surface area contributed by atoms with Crippen LogP contribution in [0, 0.1) is 5.92 Å². The first-order valence-corrected chi connectivity index (χ1v) is 4.56. The van der Waals surface area contributed by atoms with Crippen LogP contribution >= 0.6 is 0 Å². The predicted octanol–water partition coefficient (Wildman–Crippen LogP) is -0.251. The van der Waals surface area contributed by atoms with E-state index < -0.39 is 0 Å². The van der Waals surface area contributed by atoms with Gasteiger partial charge in [-0.3, -0.25) is 0 Å². The maximum atomic E-state index is 11.1. The van der Waals surface area contributed by atoms with Crippen LogP contribution in [0.15, 0.2) is 0 Å². The third-order valence-electron chi connectivity index (χ3n) is 2.60. The van der Waals surface area contributed by atoms with Gasteiger partial charge in [0.05, 0.1) is 0 Å². The van der Waals surface area contributed by atoms with Crippen LogP contribution < -0.4 is 11.1 Å². The predicted molar refractivity (Wildman–Crippen MR) is 45.7 cm³/mol. The van der Waals surface area contributed by atoms with Gasteiger partial charge >= 0.3 is 6.03 Å². The summed E-state index contributed by atoms with van der Waals surface area (Å²) < 4.78 is 0. The molecule has 1 atom stereocenters. The first-order valence-electron chi connectivity index (χ1n) is 4.56. The fourth-order valence-corrected chi connectivity index (χ4v) is 1.61. The summed E-state index contributed by atoms with van der Waals surface area (Å²) in [6.07, 6.45) is 2.49. The molecule has 0 bridgehead atoms. The standard InChI is InChI=1S/C8H15N3O/c9-7(6-1-2-6)5-11-4-3-10-8(11)12/h6-7H,1-5,9H2,(H,10,12). The van der Waals surface area contributed by atoms with Gasteiger partial charge in [-0.25, -0.2) is 4.79 Å². The van der Waals surface area contributed by atoms with Crippen molar-refractivity contribution in [3.8, 4) is 0 Å². The van der Waals surface area contributed by atoms with Crippen molar-refractivity contribution in [2.24, 2.45) is 11.7 Å². The van der Waals surface area contributed by atoms with Crippen molar-refractivity contribution in [1.82, 2.24) is 10.2 Å². The lowest BCUT2D eigenvalue weighted by Gasteiger charge is -2.18. The van der Waals surface area contributed by atoms with Crippen molar-refractivity contribution in [2.45, 2.75) is 18.9 Å². The maximum Gasteiger partial charge on any atom is 0.317 e. The minimum atomic E-state index is 0.0473. The Morgan fingerprint density at radius 3 is 2.92 bits per heavy atom. The maximum absolute atomic E-state index is 11.1. The quantitative estimate of drug-likeness (QED) is 0.612. The van der Waals surface area contributed by atoms with Gasteiger partial charge in [0.2, 0.25) is 0 Å². The number of nitrogens with zero attached hydrogens (tertiary/aromatic N) is 1. The molecule has 3 N–H and O–H groups in total. The van der Waals surface area contributed by atoms with E-state index >= 15 is 0 Å². The average molecular weight is 169 g/mol. The lowest BCUT2D eigenvalue weighted by molar-refractivity contribution is 0.213. The number of amides is 2. The zero-order chi connectivity index (χ0) is 8.55. The number of hydrogen-bond acceptors (Lipinski definition) is 2. The van der Waals surface area contributed by atoms with E-state index in [0.717, 1.165) is 19.6 Å². The molecule has 0 aromatic carbocycles. The molecule has 1 saturated carbocycles. The van der Waals surface area contributed by atoms with Crippen molar-refractivity contribution in [1.29, 1.82) is 0 Å². The van der Waals surface area contributed by atoms with E-state index in [4.69, 9.17) is 5.73 Å². The monoisotopic (exact) mass is 169 g/mol. The second kappa shape index (κ2) is 2.94. The summed E-state index contributed by atoms with van der Waals surface area (Å²) in [6, 6.07) is 0.250. The van der Waals surface area contributed by atoms with E-state index in [1.807, 2.05) is 4.90 Å². The molecule has 1 heterocycles. The van der Waals surface area contributed by atoms with Crippen LogP contribution in [0.4, 0.5) is 4.79 Å². The van der Waals surface area contributed by atoms with Gasteiger partial charge in [-0.05, 0) is 18.8 Å². The summed E-state index contributed by atoms with van der Waals surface area (Å²) in [6.45, 7) is 2.33. The van der Waals surface area contributed by atoms with Crippen LogP contribution in [0.2, 0.25) is 0 Å². The smallest absolute Gasteiger partial charge is 0.317 e. The van der Waals surface area contributed by atoms with Gasteiger partial charge in [-0.2, -0.15) is 0 Å². The van der Waals surface area contributed by atoms with Gasteiger partial charge in [0.15, 0.2) is 0 Å². The highest BCUT2D eigenvalue weighted by molar-refractivity contribution is 5.76. The number of carbonyl (C=O) groups is 1. The van der Waals surface area contributed by atoms with Crippen molar-refractivity contribution in [2.75, 3.05) is 19.6 Å². The highest BCUT2D eigenvalue weighted by Crippen LogP contribution is 2.31. The minimum absolute atomic E-state index is 0.0473. The van der Waals surface area contributed by atoms with Gasteiger partial charge in [-0.15, -0.1) is 0 Å². The number of carbonyl (C=O) groups excluding carboxylic acids is 1. The van der Waals surface area contributed by atoms with Gasteiger partial charge in [0.25, 0.3) is 0 Å². The summed E-state index contributed by atoms with van der Waals surface area (Å²) in [7, 11) is 0. The highest BCUT2D eigenvalue weighted by Gasteiger charge is 2.31. The van der Waals surface area contributed by atoms with Crippen molar-refractivity contribution < 1.29 is 4.79 Å². The van der Waals surface area contributed by atoms with E-state index in [1.165, 1.54) is 12.8 Å². The molecule has 0 spiro atoms. The molecule has 1 unspecified atom stereocenters. The Morgan fingerprint density at radius 1 is 1.67 bits per heavy atom. The average Bonchev–Trinajstić information content (AvgIpc) is 2.80. The van der Waals surface area contributed by atoms with Crippen LogP contribution in [0.25, 0.3) is 0 Å². The Kier molecular flexibility index (Phi) is 1.92. The van der Waals surface area contributed by atoms with Gasteiger partial charge in [-0.1, -0.05) is 0 Å². The Balaban J connectivity index is 1.80. The summed E-state index contributed by atoms with van der Waals surface area (Å²) >= 11 is 0. The zero-order valence-corrected chi connectivity index (χ0v) is 7.12. The summed E-state index contributed by atoms with van der Waals surface area (Å²) in [5.41, 5.74) is 5.90. The molecule has 2 rings (SSSR count). The fraction of sp³-hybridized carbons (Fsp3) is 0.875. The van der Waals surface area contributed by atoms with E-state index in [0.29, 0.717) is 5.92 Å². The lowest BCUT2D eigenvalue weighted by atomic mass is 10.2. The Hall–Kier alpha value is -0.770. The van der Waals surface area contributed by atoms with E-state index in [1.54, 1.807) is 0 Å². The molecule has 0 aromatic heterocycles. The number of hydrogen-bond donors (Lipinski definition) is 2. The largest absolute Gasteiger partial charge is 0.336 e. The van der Waals surface area contributed by atoms with E-state index in [-0.39, 0.29) is 12.1 Å². The van der Waals surface area contributed by atoms with Crippen molar-refractivity contribution in [3.63, 3.8) is 0 Å². The second-order valence-corrected chi connectivity index (χ2v) is 3.68. The molecule has 1 aliphatic heterocycles. The van der Waals surface area contributed by atoms with Gasteiger partial charge in [0.1, 0.15) is 0 Å². The summed E-state index contributed by atoms with van der Waals surface area (Å²) in [5.74, 6) is 0.679. The molecule has 12 heavy (non-hydrogen) atoms. The highest BCUT2D eigenvalue weighted by atomic mass is 16.2. The number of rotatable bonds is 3. The third-order valence-corrected chi connectivity index (χ3v) is 2.60. The molecule has 1 saturated heterocycles. The van der Waals surface area contributed by atoms with Crippen LogP contribution in [0.5, 0.6) is 0 Å². The molecule has 0 radical (unpaired) electrons. The Bertz CT molecular complexity index is 191. The number of urea groups is 1. The van der Waals surface area contributed by atoms with Crippen LogP contribution in [0.1, 0.15) is 12.8 Å². The van der Waals surface area contributed by atoms with E-state index in [9.17, 15) is 4.79 Å². The molecule has 4 nitrogen and oxygen atoms in total. The molecule has 2 amide bonds. The Morgan fingerprint density at radius 2 is 2.42 bits per heavy atom. The minimum Gasteiger partial charge on any atom is -0.336 e. The molecule has 0 aromatic rings. The topological polar surface area (TPSA) is 58.4 Å². The summed E-state index contributed by atoms with van der Waals surface area (Å²) in [4.78, 5) is 12.9. The molecule has 4 heteroatoms. The van der Waals surface area contributed by atoms with E-state index in [2.05, 4.69) is 5.32 Å². The van der Waals surface area contributed by atoms with Gasteiger partial charge < -0.3 is 16.0 Å². The molecule has 2 fully saturated rings. The lowest BCUT2D eigenvalue weighted by Crippen LogP contribution is -2.40. The van der Waals surface area contributed by atoms with Crippen LogP contribution in [0.3, 0.4) is 0 Å². The van der Waals surface area contributed by atoms with Crippen LogP contribution in [-0.4, -0.2) is 36.6 Å². The fourth-order valence-electron chi connectivity index (χ4n) is 1.61. The van der Waals surface area contributed by atoms with Crippen LogP contribution in [-0.2, 0) is 0 Å². The zero-order valence-electron chi connectivity index (χ0n) is 7.12. The number of nitrogens with two attached hydrogens (primary N) is 1. The Labute approximate surface area is 72.1 Å². The van der Waals surface area contributed by atoms with Crippen molar-refractivity contribution >= 4 is 6.03 Å². The van der Waals surface area contributed by atoms with Gasteiger partial charge in [0, 0.05) is 25.7 Å². The molecule has 2 aliphatic rings. The van der Waals surface area contributed by atoms with Crippen molar-refractivity contribution in [3.05, 3.63) is 0 Å². The number of nitrogens with one attached hydrogen (secondary N) is 1. The first kappa shape index (κ1) is 7.86. The molecule has 1 aliphatic carbocycles. The second-order valence-electron chi connectivity index (χ2n) is 3.68.